The number of hydrogen-bond acceptors (Lipinski definition) is 1. The molecule has 1 rings (SSSR count). The maximum atomic E-state index is 12.5. The van der Waals surface area contributed by atoms with Crippen LogP contribution < -0.4 is 5.73 Å². The van der Waals surface area contributed by atoms with Crippen molar-refractivity contribution in [1.29, 1.82) is 0 Å². The molecule has 0 aromatic heterocycles. The van der Waals surface area contributed by atoms with Gasteiger partial charge in [-0.25, -0.2) is 4.39 Å². The van der Waals surface area contributed by atoms with E-state index < -0.39 is 0 Å². The van der Waals surface area contributed by atoms with Crippen LogP contribution in [0.3, 0.4) is 0 Å². The summed E-state index contributed by atoms with van der Waals surface area (Å²) >= 11 is 2.01. The van der Waals surface area contributed by atoms with E-state index in [9.17, 15) is 4.39 Å². The number of hydrogen-bond donors (Lipinski definition) is 1. The molecule has 0 amide bonds. The minimum Gasteiger partial charge on any atom is -0.398 e. The van der Waals surface area contributed by atoms with Gasteiger partial charge in [-0.15, -0.1) is 0 Å². The lowest BCUT2D eigenvalue weighted by molar-refractivity contribution is 0.626. The van der Waals surface area contributed by atoms with E-state index in [0.717, 1.165) is 9.13 Å². The Balaban J connectivity index is 3.31. The van der Waals surface area contributed by atoms with Gasteiger partial charge in [-0.2, -0.15) is 0 Å². The van der Waals surface area contributed by atoms with E-state index in [1.54, 1.807) is 6.92 Å². The molecular weight excluding hydrogens is 244 g/mol. The number of halogens is 2. The van der Waals surface area contributed by atoms with Crippen molar-refractivity contribution in [2.75, 3.05) is 5.73 Å². The second-order valence-corrected chi connectivity index (χ2v) is 3.28. The van der Waals surface area contributed by atoms with Crippen LogP contribution in [0.1, 0.15) is 5.56 Å². The Labute approximate surface area is 72.6 Å². The van der Waals surface area contributed by atoms with E-state index in [0.29, 0.717) is 5.69 Å². The van der Waals surface area contributed by atoms with E-state index >= 15 is 0 Å². The largest absolute Gasteiger partial charge is 0.398 e. The fourth-order valence-corrected chi connectivity index (χ4v) is 1.44. The van der Waals surface area contributed by atoms with Crippen molar-refractivity contribution in [1.82, 2.24) is 0 Å². The third-order valence-corrected chi connectivity index (χ3v) is 2.19. The molecule has 0 radical (unpaired) electrons. The number of nitrogens with two attached hydrogens (primary N) is 1. The molecule has 0 aliphatic rings. The number of benzene rings is 1. The van der Waals surface area contributed by atoms with Gasteiger partial charge in [0, 0.05) is 9.26 Å². The molecule has 0 aliphatic carbocycles. The predicted molar refractivity (Wildman–Crippen MR) is 48.3 cm³/mol. The van der Waals surface area contributed by atoms with Gasteiger partial charge in [-0.3, -0.25) is 0 Å². The highest BCUT2D eigenvalue weighted by atomic mass is 127. The molecule has 1 nitrogen and oxygen atoms in total. The molecule has 0 unspecified atom stereocenters. The van der Waals surface area contributed by atoms with Gasteiger partial charge < -0.3 is 5.73 Å². The van der Waals surface area contributed by atoms with E-state index in [4.69, 9.17) is 5.73 Å². The van der Waals surface area contributed by atoms with Crippen LogP contribution in [0, 0.1) is 16.3 Å². The van der Waals surface area contributed by atoms with E-state index in [1.807, 2.05) is 22.6 Å². The Morgan fingerprint density at radius 1 is 1.50 bits per heavy atom. The van der Waals surface area contributed by atoms with Gasteiger partial charge in [0.1, 0.15) is 5.82 Å². The second-order valence-electron chi connectivity index (χ2n) is 2.12. The first kappa shape index (κ1) is 7.78. The van der Waals surface area contributed by atoms with Gasteiger partial charge in [-0.05, 0) is 47.2 Å². The zero-order chi connectivity index (χ0) is 7.72. The Hall–Kier alpha value is -0.320. The molecule has 2 N–H and O–H groups in total. The van der Waals surface area contributed by atoms with Gasteiger partial charge in [0.15, 0.2) is 0 Å². The molecular formula is C7H7FIN. The fraction of sp³-hybridized carbons (Fsp3) is 0.143. The molecule has 1 aromatic carbocycles. The number of anilines is 1. The SMILES string of the molecule is Cc1cc(F)cc(I)c1N. The highest BCUT2D eigenvalue weighted by Gasteiger charge is 2.00. The van der Waals surface area contributed by atoms with Crippen molar-refractivity contribution < 1.29 is 4.39 Å². The van der Waals surface area contributed by atoms with Gasteiger partial charge >= 0.3 is 0 Å². The van der Waals surface area contributed by atoms with Crippen molar-refractivity contribution in [2.45, 2.75) is 6.92 Å². The fourth-order valence-electron chi connectivity index (χ4n) is 0.713. The molecule has 54 valence electrons. The van der Waals surface area contributed by atoms with Gasteiger partial charge in [0.25, 0.3) is 0 Å². The highest BCUT2D eigenvalue weighted by Crippen LogP contribution is 2.19. The molecule has 0 aliphatic heterocycles. The van der Waals surface area contributed by atoms with Crippen LogP contribution in [0.4, 0.5) is 10.1 Å². The molecule has 0 atom stereocenters. The van der Waals surface area contributed by atoms with E-state index in [-0.39, 0.29) is 5.82 Å². The summed E-state index contributed by atoms with van der Waals surface area (Å²) < 4.78 is 13.3. The van der Waals surface area contributed by atoms with Crippen LogP contribution in [0.2, 0.25) is 0 Å². The van der Waals surface area contributed by atoms with Crippen molar-refractivity contribution >= 4 is 28.3 Å². The first-order valence-corrected chi connectivity index (χ1v) is 3.90. The van der Waals surface area contributed by atoms with Gasteiger partial charge in [0.05, 0.1) is 0 Å². The monoisotopic (exact) mass is 251 g/mol. The zero-order valence-corrected chi connectivity index (χ0v) is 7.65. The average Bonchev–Trinajstić information content (AvgIpc) is 1.82. The molecule has 0 heterocycles. The summed E-state index contributed by atoms with van der Waals surface area (Å²) in [6.45, 7) is 1.79. The molecule has 10 heavy (non-hydrogen) atoms. The molecule has 1 aromatic rings. The minimum atomic E-state index is -0.226. The third-order valence-electron chi connectivity index (χ3n) is 1.30. The Bertz CT molecular complexity index is 237. The van der Waals surface area contributed by atoms with Gasteiger partial charge in [0.2, 0.25) is 0 Å². The zero-order valence-electron chi connectivity index (χ0n) is 5.49. The number of rotatable bonds is 0. The third kappa shape index (κ3) is 1.39. The summed E-state index contributed by atoms with van der Waals surface area (Å²) in [6.07, 6.45) is 0. The first-order chi connectivity index (χ1) is 4.61. The second kappa shape index (κ2) is 2.74. The number of aryl methyl sites for hydroxylation is 1. The average molecular weight is 251 g/mol. The topological polar surface area (TPSA) is 26.0 Å². The number of nitrogen functional groups attached to an aromatic ring is 1. The molecule has 0 spiro atoms. The Morgan fingerprint density at radius 2 is 2.10 bits per heavy atom. The maximum Gasteiger partial charge on any atom is 0.124 e. The predicted octanol–water partition coefficient (Wildman–Crippen LogP) is 2.32. The minimum absolute atomic E-state index is 0.226. The summed E-state index contributed by atoms with van der Waals surface area (Å²) in [4.78, 5) is 0. The van der Waals surface area contributed by atoms with Crippen LogP contribution >= 0.6 is 22.6 Å². The summed E-state index contributed by atoms with van der Waals surface area (Å²) in [7, 11) is 0. The maximum absolute atomic E-state index is 12.5. The summed E-state index contributed by atoms with van der Waals surface area (Å²) in [5.74, 6) is -0.226. The molecule has 0 fully saturated rings. The van der Waals surface area contributed by atoms with Crippen LogP contribution in [0.15, 0.2) is 12.1 Å². The summed E-state index contributed by atoms with van der Waals surface area (Å²) in [5, 5.41) is 0. The van der Waals surface area contributed by atoms with Crippen molar-refractivity contribution in [2.24, 2.45) is 0 Å². The molecule has 0 saturated heterocycles. The van der Waals surface area contributed by atoms with Gasteiger partial charge in [-0.1, -0.05) is 0 Å². The van der Waals surface area contributed by atoms with Crippen molar-refractivity contribution in [3.05, 3.63) is 27.1 Å². The lowest BCUT2D eigenvalue weighted by Gasteiger charge is -2.01. The van der Waals surface area contributed by atoms with E-state index in [1.165, 1.54) is 12.1 Å². The summed E-state index contributed by atoms with van der Waals surface area (Å²) in [6, 6.07) is 2.85. The van der Waals surface area contributed by atoms with Crippen molar-refractivity contribution in [3.8, 4) is 0 Å². The normalized spacial score (nSPS) is 9.90. The van der Waals surface area contributed by atoms with Crippen molar-refractivity contribution in [3.63, 3.8) is 0 Å². The van der Waals surface area contributed by atoms with Crippen LogP contribution in [-0.4, -0.2) is 0 Å². The van der Waals surface area contributed by atoms with E-state index in [2.05, 4.69) is 0 Å². The Kier molecular flexibility index (Phi) is 2.13. The molecule has 0 bridgehead atoms. The smallest absolute Gasteiger partial charge is 0.124 e. The van der Waals surface area contributed by atoms with Crippen LogP contribution in [0.25, 0.3) is 0 Å². The van der Waals surface area contributed by atoms with Crippen LogP contribution in [-0.2, 0) is 0 Å². The lowest BCUT2D eigenvalue weighted by Crippen LogP contribution is -1.93. The molecule has 3 heteroatoms. The molecule has 0 saturated carbocycles. The first-order valence-electron chi connectivity index (χ1n) is 2.82. The lowest BCUT2D eigenvalue weighted by atomic mass is 10.2. The van der Waals surface area contributed by atoms with Crippen LogP contribution in [0.5, 0.6) is 0 Å². The quantitative estimate of drug-likeness (QED) is 0.555. The summed E-state index contributed by atoms with van der Waals surface area (Å²) in [5.41, 5.74) is 7.04. The highest BCUT2D eigenvalue weighted by molar-refractivity contribution is 14.1. The Morgan fingerprint density at radius 3 is 2.60 bits per heavy atom. The standard InChI is InChI=1S/C7H7FIN/c1-4-2-5(8)3-6(9)7(4)10/h2-3H,10H2,1H3.